The van der Waals surface area contributed by atoms with Crippen LogP contribution in [0.1, 0.15) is 204 Å². The summed E-state index contributed by atoms with van der Waals surface area (Å²) in [6.45, 7) is 22.1. The molecule has 0 saturated carbocycles. The van der Waals surface area contributed by atoms with E-state index in [1.807, 2.05) is 88.2 Å². The van der Waals surface area contributed by atoms with Gasteiger partial charge >= 0.3 is 29.8 Å². The van der Waals surface area contributed by atoms with Crippen LogP contribution in [-0.4, -0.2) is 345 Å². The third-order valence-electron chi connectivity index (χ3n) is 20.7. The van der Waals surface area contributed by atoms with Gasteiger partial charge in [0.25, 0.3) is 0 Å². The Morgan fingerprint density at radius 1 is 0.524 bits per heavy atom. The number of nitrogens with one attached hydrogen (secondary N) is 4. The van der Waals surface area contributed by atoms with Gasteiger partial charge < -0.3 is 128 Å². The number of likely N-dealkylation sites (N-methyl/N-ethyl adjacent to an activating group) is 2. The minimum absolute atomic E-state index is 0.0105. The molecule has 1 aromatic carbocycles. The molecule has 18 atom stereocenters. The lowest BCUT2D eigenvalue weighted by molar-refractivity contribution is -0.194. The number of hydrogen-bond acceptors (Lipinski definition) is 32. The van der Waals surface area contributed by atoms with Gasteiger partial charge in [0.1, 0.15) is 38.5 Å². The van der Waals surface area contributed by atoms with E-state index >= 15 is 0 Å². The van der Waals surface area contributed by atoms with Crippen molar-refractivity contribution < 1.29 is 150 Å². The van der Waals surface area contributed by atoms with E-state index in [0.29, 0.717) is 75.8 Å². The molecule has 732 valence electrons. The topological polar surface area (TPSA) is 496 Å². The zero-order valence-electron chi connectivity index (χ0n) is 78.6. The first-order valence-electron chi connectivity index (χ1n) is 43.6. The Bertz CT molecular complexity index is 3100. The molecule has 126 heavy (non-hydrogen) atoms. The molecule has 0 spiro atoms. The van der Waals surface area contributed by atoms with E-state index in [1.165, 1.54) is 42.7 Å². The molecular formula is C87H157N7O31S. The number of aliphatic carboxylic acids is 1. The number of rotatable bonds is 64. The molecule has 1 aliphatic heterocycles. The number of esters is 4. The van der Waals surface area contributed by atoms with Gasteiger partial charge in [-0.3, -0.25) is 57.6 Å². The van der Waals surface area contributed by atoms with Crippen molar-refractivity contribution in [2.45, 2.75) is 290 Å². The van der Waals surface area contributed by atoms with Crippen LogP contribution in [0.25, 0.3) is 0 Å². The van der Waals surface area contributed by atoms with Crippen molar-refractivity contribution in [1.29, 1.82) is 0 Å². The third kappa shape index (κ3) is 50.3. The molecule has 38 nitrogen and oxygen atoms in total. The fraction of sp³-hybridized carbons (Fsp3) is 0.805. The Morgan fingerprint density at radius 3 is 1.34 bits per heavy atom. The molecule has 0 radical (unpaired) electrons. The molecular weight excluding hydrogens is 1670 g/mol. The van der Waals surface area contributed by atoms with Gasteiger partial charge in [-0.05, 0) is 102 Å². The SMILES string of the molecule is CCC(CO)OC(CO)OC.CCC(CO)OC(COC(=O)CCCC(=O)NCC(=O)OC(c1ccccc1)[C@@H](C)NC(=O)[C@H](C)[C@@H](OC)[C@@H]1CCCN1C(=O)C[C@@H](OC)C([C@@H](C)CC)N(C)C(=O)C(NC(=O)[C@H](C(C)C)N(C)C)C(C)C)OC.CCC(CO)OC(COC(=O)CCCC(=O)NCCS)OC.CCC(CO)OC(COC(=O)CCCC(=O)O)OC. The Balaban J connectivity index is 0. The number of thiol groups is 1. The van der Waals surface area contributed by atoms with Gasteiger partial charge in [0.2, 0.25) is 35.4 Å². The Labute approximate surface area is 752 Å². The average molecular weight is 1830 g/mol. The van der Waals surface area contributed by atoms with Gasteiger partial charge in [0.15, 0.2) is 25.2 Å². The van der Waals surface area contributed by atoms with E-state index in [9.17, 15) is 57.8 Å². The summed E-state index contributed by atoms with van der Waals surface area (Å²) >= 11 is 3.98. The summed E-state index contributed by atoms with van der Waals surface area (Å²) in [6.07, 6.45) is -1.20. The lowest BCUT2D eigenvalue weighted by Crippen LogP contribution is -2.59. The molecule has 1 heterocycles. The smallest absolute Gasteiger partial charge is 0.326 e. The zero-order valence-corrected chi connectivity index (χ0v) is 79.5. The number of hydrogen-bond donors (Lipinski definition) is 11. The van der Waals surface area contributed by atoms with E-state index in [4.69, 9.17) is 91.8 Å². The average Bonchev–Trinajstić information content (AvgIpc) is 1.41. The molecule has 2 rings (SSSR count). The number of carboxylic acids is 1. The molecule has 6 amide bonds. The summed E-state index contributed by atoms with van der Waals surface area (Å²) in [4.78, 5) is 144. The minimum atomic E-state index is -0.946. The molecule has 0 aliphatic carbocycles. The van der Waals surface area contributed by atoms with Gasteiger partial charge in [-0.25, -0.2) is 0 Å². The number of aliphatic hydroxyl groups is 5. The highest BCUT2D eigenvalue weighted by molar-refractivity contribution is 7.80. The number of methoxy groups -OCH3 is 6. The quantitative estimate of drug-likeness (QED) is 0.0180. The number of benzene rings is 1. The van der Waals surface area contributed by atoms with Crippen LogP contribution in [0.4, 0.5) is 0 Å². The van der Waals surface area contributed by atoms with Crippen LogP contribution in [0, 0.1) is 23.7 Å². The first kappa shape index (κ1) is 121. The maximum atomic E-state index is 14.5. The number of likely N-dealkylation sites (tertiary alicyclic amines) is 1. The summed E-state index contributed by atoms with van der Waals surface area (Å²) in [7, 11) is 14.1. The van der Waals surface area contributed by atoms with Crippen LogP contribution in [0.2, 0.25) is 0 Å². The molecule has 10 N–H and O–H groups in total. The van der Waals surface area contributed by atoms with Crippen molar-refractivity contribution in [3.8, 4) is 0 Å². The van der Waals surface area contributed by atoms with Gasteiger partial charge in [-0.1, -0.05) is 113 Å². The van der Waals surface area contributed by atoms with E-state index in [0.717, 1.165) is 0 Å². The van der Waals surface area contributed by atoms with Crippen LogP contribution in [-0.2, 0) is 119 Å². The van der Waals surface area contributed by atoms with Gasteiger partial charge in [0.05, 0.1) is 106 Å². The van der Waals surface area contributed by atoms with Crippen molar-refractivity contribution in [2.24, 2.45) is 23.7 Å². The summed E-state index contributed by atoms with van der Waals surface area (Å²) in [5, 5.41) is 64.4. The second kappa shape index (κ2) is 71.9. The van der Waals surface area contributed by atoms with Gasteiger partial charge in [-0.2, -0.15) is 12.6 Å². The van der Waals surface area contributed by atoms with Crippen molar-refractivity contribution in [2.75, 3.05) is 142 Å². The van der Waals surface area contributed by atoms with E-state index in [2.05, 4.69) is 33.9 Å². The number of aliphatic hydroxyl groups excluding tert-OH is 5. The lowest BCUT2D eigenvalue weighted by atomic mass is 9.89. The number of nitrogens with zero attached hydrogens (tertiary/aromatic N) is 3. The molecule has 11 unspecified atom stereocenters. The first-order chi connectivity index (χ1) is 59.9. The van der Waals surface area contributed by atoms with Crippen molar-refractivity contribution in [1.82, 2.24) is 36.0 Å². The third-order valence-corrected chi connectivity index (χ3v) is 20.9. The predicted octanol–water partition coefficient (Wildman–Crippen LogP) is 4.80. The fourth-order valence-corrected chi connectivity index (χ4v) is 13.2. The number of carbonyl (C=O) groups is 11. The van der Waals surface area contributed by atoms with Crippen molar-refractivity contribution >= 4 is 77.9 Å². The highest BCUT2D eigenvalue weighted by Crippen LogP contribution is 2.31. The standard InChI is InChI=1S/C54H92N6O14.C14H27NO6S.C12H22O7.C7H16O4/c1-16-35(7)49(59(12)54(68)47(33(3)4)57-53(67)48(34(5)6)58(10)11)41(69-13)29-43(63)60-28-22-25-40(60)50(71-15)36(8)52(66)56-37(9)51(38-23-19-18-20-24-38)74-45(65)30-55-42(62)26-21-27-44(64)72-32-46(70-14)73-39(17-2)31-61;1-3-11(9-16)21-14(19-2)10-20-13(18)6-4-5-12(17)15-7-8-22;1-3-9(7-13)19-12(17-2)8-18-11(16)6-4-5-10(14)15;1-3-6(4-8)11-7(5-9)10-2/h18-20,23-24,33-37,39-41,46-51,61H,16-17,21-22,25-32H2,1-15H3,(H,55,62)(H,56,66)(H,57,67);11,14,16,22H,3-10H2,1-2H3,(H,15,17);9,12-13H,3-8H2,1-2H3,(H,14,15);6-9H,3-5H2,1-2H3/t35-,36+,37+,39?,40-,41+,46?,47?,48-,49?,50+,51?;;;/m0.../s1. The molecule has 0 bridgehead atoms. The van der Waals surface area contributed by atoms with E-state index in [-0.39, 0.29) is 170 Å². The highest BCUT2D eigenvalue weighted by Gasteiger charge is 2.44. The molecule has 1 aromatic rings. The monoisotopic (exact) mass is 1830 g/mol. The van der Waals surface area contributed by atoms with Crippen LogP contribution in [0.5, 0.6) is 0 Å². The Hall–Kier alpha value is -6.90. The Morgan fingerprint density at radius 2 is 0.968 bits per heavy atom. The molecule has 1 aliphatic rings. The highest BCUT2D eigenvalue weighted by atomic mass is 32.1. The van der Waals surface area contributed by atoms with Gasteiger partial charge in [0, 0.05) is 107 Å². The summed E-state index contributed by atoms with van der Waals surface area (Å²) in [5.74, 6) is -5.32. The summed E-state index contributed by atoms with van der Waals surface area (Å²) in [6, 6.07) is 5.92. The number of amides is 6. The van der Waals surface area contributed by atoms with E-state index < -0.39 is 134 Å². The first-order valence-corrected chi connectivity index (χ1v) is 44.3. The second-order valence-corrected chi connectivity index (χ2v) is 31.6. The fourth-order valence-electron chi connectivity index (χ4n) is 13.1. The van der Waals surface area contributed by atoms with Crippen molar-refractivity contribution in [3.63, 3.8) is 0 Å². The maximum absolute atomic E-state index is 14.5. The second-order valence-electron chi connectivity index (χ2n) is 31.2. The van der Waals surface area contributed by atoms with Crippen LogP contribution in [0.15, 0.2) is 30.3 Å². The molecule has 39 heteroatoms. The number of carbonyl (C=O) groups excluding carboxylic acids is 10. The molecule has 0 aromatic heterocycles. The zero-order chi connectivity index (χ0) is 96.0. The number of carboxylic acid groups (broad SMARTS) is 1. The molecule has 1 fully saturated rings. The van der Waals surface area contributed by atoms with Crippen molar-refractivity contribution in [3.05, 3.63) is 35.9 Å². The Kier molecular flexibility index (Phi) is 69.1. The van der Waals surface area contributed by atoms with Crippen LogP contribution < -0.4 is 21.3 Å². The number of ether oxygens (including phenoxy) is 14. The van der Waals surface area contributed by atoms with Crippen LogP contribution >= 0.6 is 12.6 Å². The predicted molar refractivity (Wildman–Crippen MR) is 469 cm³/mol. The normalized spacial score (nSPS) is 16.6. The summed E-state index contributed by atoms with van der Waals surface area (Å²) < 4.78 is 74.4. The van der Waals surface area contributed by atoms with Gasteiger partial charge in [-0.15, -0.1) is 0 Å². The largest absolute Gasteiger partial charge is 0.481 e. The molecule has 1 saturated heterocycles. The minimum Gasteiger partial charge on any atom is -0.481 e. The van der Waals surface area contributed by atoms with Crippen LogP contribution in [0.3, 0.4) is 0 Å². The lowest BCUT2D eigenvalue weighted by Gasteiger charge is -2.41. The maximum Gasteiger partial charge on any atom is 0.326 e. The van der Waals surface area contributed by atoms with E-state index in [1.54, 1.807) is 61.0 Å². The summed E-state index contributed by atoms with van der Waals surface area (Å²) in [5.41, 5.74) is 0.606.